The average Bonchev–Trinajstić information content (AvgIpc) is 3.02. The van der Waals surface area contributed by atoms with Gasteiger partial charge in [0.05, 0.1) is 16.4 Å². The average molecular weight is 323 g/mol. The highest BCUT2D eigenvalue weighted by Gasteiger charge is 2.15. The van der Waals surface area contributed by atoms with Crippen LogP contribution >= 0.6 is 11.3 Å². The van der Waals surface area contributed by atoms with Gasteiger partial charge in [-0.15, -0.1) is 5.10 Å². The number of para-hydroxylation sites is 1. The fourth-order valence-corrected chi connectivity index (χ4v) is 3.70. The van der Waals surface area contributed by atoms with Gasteiger partial charge in [-0.3, -0.25) is 4.68 Å². The van der Waals surface area contributed by atoms with Crippen LogP contribution in [0.15, 0.2) is 46.7 Å². The summed E-state index contributed by atoms with van der Waals surface area (Å²) < 4.78 is 28.5. The maximum absolute atomic E-state index is 12.1. The van der Waals surface area contributed by atoms with Crippen molar-refractivity contribution in [1.29, 1.82) is 0 Å². The summed E-state index contributed by atoms with van der Waals surface area (Å²) in [4.78, 5) is 2.89. The van der Waals surface area contributed by atoms with E-state index in [1.54, 1.807) is 7.05 Å². The van der Waals surface area contributed by atoms with Gasteiger partial charge in [0.1, 0.15) is 4.90 Å². The van der Waals surface area contributed by atoms with E-state index in [-0.39, 0.29) is 4.90 Å². The highest BCUT2D eigenvalue weighted by Crippen LogP contribution is 2.15. The standard InChI is InChI=1S/C12H13N5O2S2/c1-16-8-9(7-13-16)21(18,19)15-14-12-17(2)10-5-3-4-6-11(10)20-12/h3-8,15H,1-2H3/b14-12+. The molecule has 0 atom stereocenters. The Bertz CT molecular complexity index is 965. The number of hydrogen-bond acceptors (Lipinski definition) is 5. The summed E-state index contributed by atoms with van der Waals surface area (Å²) in [5.41, 5.74) is 1.00. The second-order valence-corrected chi connectivity index (χ2v) is 7.14. The van der Waals surface area contributed by atoms with E-state index in [0.717, 1.165) is 10.2 Å². The molecule has 0 radical (unpaired) electrons. The molecule has 0 aliphatic rings. The number of benzene rings is 1. The minimum Gasteiger partial charge on any atom is -0.318 e. The summed E-state index contributed by atoms with van der Waals surface area (Å²) in [6.07, 6.45) is 2.70. The van der Waals surface area contributed by atoms with E-state index < -0.39 is 10.0 Å². The number of fused-ring (bicyclic) bond motifs is 1. The molecule has 3 aromatic rings. The molecule has 0 aliphatic heterocycles. The van der Waals surface area contributed by atoms with Crippen LogP contribution in [0.4, 0.5) is 0 Å². The zero-order chi connectivity index (χ0) is 15.0. The Morgan fingerprint density at radius 1 is 1.29 bits per heavy atom. The zero-order valence-electron chi connectivity index (χ0n) is 11.4. The number of sulfonamides is 1. The van der Waals surface area contributed by atoms with Crippen molar-refractivity contribution in [2.45, 2.75) is 4.90 Å². The Kier molecular flexibility index (Phi) is 3.30. The molecule has 0 bridgehead atoms. The molecule has 0 unspecified atom stereocenters. The predicted octanol–water partition coefficient (Wildman–Crippen LogP) is 0.767. The van der Waals surface area contributed by atoms with Crippen LogP contribution in [0.5, 0.6) is 0 Å². The van der Waals surface area contributed by atoms with E-state index in [4.69, 9.17) is 0 Å². The molecule has 0 saturated carbocycles. The Hall–Kier alpha value is -2.13. The molecular weight excluding hydrogens is 310 g/mol. The summed E-state index contributed by atoms with van der Waals surface area (Å²) in [6.45, 7) is 0. The second kappa shape index (κ2) is 5.01. The summed E-state index contributed by atoms with van der Waals surface area (Å²) in [5, 5.41) is 7.85. The van der Waals surface area contributed by atoms with Gasteiger partial charge in [0.15, 0.2) is 0 Å². The molecule has 0 aliphatic carbocycles. The van der Waals surface area contributed by atoms with Gasteiger partial charge in [-0.05, 0) is 12.1 Å². The Morgan fingerprint density at radius 3 is 2.71 bits per heavy atom. The third kappa shape index (κ3) is 2.57. The number of nitrogens with zero attached hydrogens (tertiary/aromatic N) is 4. The largest absolute Gasteiger partial charge is 0.318 e. The quantitative estimate of drug-likeness (QED) is 0.723. The summed E-state index contributed by atoms with van der Waals surface area (Å²) >= 11 is 1.41. The van der Waals surface area contributed by atoms with Crippen LogP contribution in [0.3, 0.4) is 0 Å². The van der Waals surface area contributed by atoms with Crippen LogP contribution in [-0.2, 0) is 24.1 Å². The van der Waals surface area contributed by atoms with Crippen molar-refractivity contribution in [1.82, 2.24) is 19.2 Å². The normalized spacial score (nSPS) is 13.0. The lowest BCUT2D eigenvalue weighted by Gasteiger charge is -1.99. The minimum atomic E-state index is -3.70. The van der Waals surface area contributed by atoms with Crippen molar-refractivity contribution in [3.63, 3.8) is 0 Å². The van der Waals surface area contributed by atoms with Crippen molar-refractivity contribution >= 4 is 31.6 Å². The van der Waals surface area contributed by atoms with Crippen molar-refractivity contribution < 1.29 is 8.42 Å². The Morgan fingerprint density at radius 2 is 2.05 bits per heavy atom. The first-order valence-electron chi connectivity index (χ1n) is 6.06. The summed E-state index contributed by atoms with van der Waals surface area (Å²) in [6, 6.07) is 7.79. The predicted molar refractivity (Wildman–Crippen MR) is 79.9 cm³/mol. The molecule has 1 N–H and O–H groups in total. The molecule has 9 heteroatoms. The van der Waals surface area contributed by atoms with Gasteiger partial charge >= 0.3 is 0 Å². The maximum atomic E-state index is 12.1. The van der Waals surface area contributed by atoms with Crippen molar-refractivity contribution in [2.24, 2.45) is 19.2 Å². The number of rotatable bonds is 3. The van der Waals surface area contributed by atoms with Gasteiger partial charge in [-0.2, -0.15) is 18.3 Å². The van der Waals surface area contributed by atoms with E-state index in [1.807, 2.05) is 35.9 Å². The van der Waals surface area contributed by atoms with Crippen molar-refractivity contribution in [3.05, 3.63) is 41.5 Å². The van der Waals surface area contributed by atoms with Crippen LogP contribution in [0.25, 0.3) is 10.2 Å². The van der Waals surface area contributed by atoms with E-state index in [2.05, 4.69) is 15.0 Å². The minimum absolute atomic E-state index is 0.0810. The van der Waals surface area contributed by atoms with E-state index in [9.17, 15) is 8.42 Å². The maximum Gasteiger partial charge on any atom is 0.279 e. The molecule has 7 nitrogen and oxygen atoms in total. The molecule has 2 heterocycles. The van der Waals surface area contributed by atoms with Crippen LogP contribution in [0.1, 0.15) is 0 Å². The fourth-order valence-electron chi connectivity index (χ4n) is 1.88. The lowest BCUT2D eigenvalue weighted by atomic mass is 10.3. The molecule has 1 aromatic carbocycles. The molecule has 0 amide bonds. The third-order valence-electron chi connectivity index (χ3n) is 2.97. The van der Waals surface area contributed by atoms with Gasteiger partial charge in [-0.25, -0.2) is 0 Å². The van der Waals surface area contributed by atoms with Crippen LogP contribution < -0.4 is 9.63 Å². The van der Waals surface area contributed by atoms with E-state index >= 15 is 0 Å². The summed E-state index contributed by atoms with van der Waals surface area (Å²) in [5.74, 6) is 0. The molecular formula is C12H13N5O2S2. The van der Waals surface area contributed by atoms with Gasteiger partial charge in [0.25, 0.3) is 10.0 Å². The van der Waals surface area contributed by atoms with Gasteiger partial charge in [-0.1, -0.05) is 23.5 Å². The highest BCUT2D eigenvalue weighted by atomic mass is 32.2. The molecule has 2 aromatic heterocycles. The van der Waals surface area contributed by atoms with E-state index in [1.165, 1.54) is 28.4 Å². The number of aromatic nitrogens is 3. The first-order valence-corrected chi connectivity index (χ1v) is 8.36. The van der Waals surface area contributed by atoms with E-state index in [0.29, 0.717) is 4.80 Å². The lowest BCUT2D eigenvalue weighted by Crippen LogP contribution is -2.23. The SMILES string of the molecule is Cn1cc(S(=O)(=O)N/N=c2/sc3ccccc3n2C)cn1. The van der Waals surface area contributed by atoms with Gasteiger partial charge in [0.2, 0.25) is 4.80 Å². The van der Waals surface area contributed by atoms with Crippen molar-refractivity contribution in [3.8, 4) is 0 Å². The number of thiazole rings is 1. The molecule has 0 saturated heterocycles. The van der Waals surface area contributed by atoms with Gasteiger partial charge in [0, 0.05) is 20.3 Å². The molecule has 21 heavy (non-hydrogen) atoms. The second-order valence-electron chi connectivity index (χ2n) is 4.47. The molecule has 3 rings (SSSR count). The van der Waals surface area contributed by atoms with Crippen LogP contribution in [0.2, 0.25) is 0 Å². The van der Waals surface area contributed by atoms with Crippen LogP contribution in [0, 0.1) is 0 Å². The monoisotopic (exact) mass is 323 g/mol. The third-order valence-corrected chi connectivity index (χ3v) is 5.24. The number of hydrogen-bond donors (Lipinski definition) is 1. The van der Waals surface area contributed by atoms with Gasteiger partial charge < -0.3 is 4.57 Å². The lowest BCUT2D eigenvalue weighted by molar-refractivity contribution is 0.582. The molecule has 0 spiro atoms. The summed E-state index contributed by atoms with van der Waals surface area (Å²) in [7, 11) is -0.200. The topological polar surface area (TPSA) is 81.3 Å². The first-order chi connectivity index (χ1) is 9.97. The Labute approximate surface area is 125 Å². The zero-order valence-corrected chi connectivity index (χ0v) is 13.0. The molecule has 0 fully saturated rings. The number of nitrogens with one attached hydrogen (secondary N) is 1. The van der Waals surface area contributed by atoms with Crippen LogP contribution in [-0.4, -0.2) is 22.8 Å². The molecule has 110 valence electrons. The smallest absolute Gasteiger partial charge is 0.279 e. The first kappa shape index (κ1) is 13.8. The number of aryl methyl sites for hydroxylation is 2. The van der Waals surface area contributed by atoms with Crippen molar-refractivity contribution in [2.75, 3.05) is 0 Å². The highest BCUT2D eigenvalue weighted by molar-refractivity contribution is 7.89. The Balaban J connectivity index is 2.00. The fraction of sp³-hybridized carbons (Fsp3) is 0.167.